The van der Waals surface area contributed by atoms with Crippen LogP contribution in [0.4, 0.5) is 5.69 Å². The molecule has 5 N–H and O–H groups in total. The molecule has 0 aliphatic carbocycles. The standard InChI is InChI=1S/C11H16ClN3/c1-2-11(15-6-5-13)9-4-3-8(12)7-10(9)14/h2-4,7,15H,5-6,13-14H2,1H3/b11-2+. The van der Waals surface area contributed by atoms with Crippen LogP contribution in [0.1, 0.15) is 12.5 Å². The summed E-state index contributed by atoms with van der Waals surface area (Å²) in [5.41, 5.74) is 13.9. The highest BCUT2D eigenvalue weighted by molar-refractivity contribution is 6.30. The zero-order valence-electron chi connectivity index (χ0n) is 8.76. The average Bonchev–Trinajstić information content (AvgIpc) is 2.21. The molecular formula is C11H16ClN3. The molecule has 0 unspecified atom stereocenters. The van der Waals surface area contributed by atoms with Gasteiger partial charge in [-0.25, -0.2) is 0 Å². The van der Waals surface area contributed by atoms with Gasteiger partial charge in [-0.15, -0.1) is 0 Å². The molecule has 0 aliphatic heterocycles. The summed E-state index contributed by atoms with van der Waals surface area (Å²) in [5, 5.41) is 3.85. The lowest BCUT2D eigenvalue weighted by Crippen LogP contribution is -2.21. The van der Waals surface area contributed by atoms with Crippen molar-refractivity contribution in [1.82, 2.24) is 5.32 Å². The normalized spacial score (nSPS) is 11.5. The smallest absolute Gasteiger partial charge is 0.0426 e. The molecule has 0 atom stereocenters. The van der Waals surface area contributed by atoms with Gasteiger partial charge in [-0.1, -0.05) is 17.7 Å². The van der Waals surface area contributed by atoms with Crippen LogP contribution in [0.3, 0.4) is 0 Å². The van der Waals surface area contributed by atoms with Crippen LogP contribution in [0.5, 0.6) is 0 Å². The van der Waals surface area contributed by atoms with Crippen molar-refractivity contribution < 1.29 is 0 Å². The first-order valence-electron chi connectivity index (χ1n) is 4.84. The Balaban J connectivity index is 2.93. The molecule has 4 heteroatoms. The van der Waals surface area contributed by atoms with Crippen LogP contribution in [-0.2, 0) is 0 Å². The zero-order valence-corrected chi connectivity index (χ0v) is 9.51. The maximum absolute atomic E-state index is 5.87. The second kappa shape index (κ2) is 5.63. The predicted molar refractivity (Wildman–Crippen MR) is 66.6 cm³/mol. The Labute approximate surface area is 95.1 Å². The van der Waals surface area contributed by atoms with E-state index in [2.05, 4.69) is 5.32 Å². The van der Waals surface area contributed by atoms with Crippen LogP contribution in [0.2, 0.25) is 5.02 Å². The summed E-state index contributed by atoms with van der Waals surface area (Å²) in [7, 11) is 0. The van der Waals surface area contributed by atoms with Gasteiger partial charge in [0.05, 0.1) is 0 Å². The van der Waals surface area contributed by atoms with Crippen molar-refractivity contribution in [1.29, 1.82) is 0 Å². The van der Waals surface area contributed by atoms with Crippen molar-refractivity contribution in [3.63, 3.8) is 0 Å². The average molecular weight is 226 g/mol. The van der Waals surface area contributed by atoms with E-state index in [1.807, 2.05) is 25.1 Å². The molecule has 1 rings (SSSR count). The summed E-state index contributed by atoms with van der Waals surface area (Å²) in [6.07, 6.45) is 1.97. The number of halogens is 1. The Morgan fingerprint density at radius 3 is 2.80 bits per heavy atom. The van der Waals surface area contributed by atoms with Crippen molar-refractivity contribution in [2.45, 2.75) is 6.92 Å². The van der Waals surface area contributed by atoms with E-state index in [-0.39, 0.29) is 0 Å². The molecule has 0 aromatic heterocycles. The SMILES string of the molecule is C/C=C(/NCCN)c1ccc(Cl)cc1N. The number of allylic oxidation sites excluding steroid dienone is 1. The Morgan fingerprint density at radius 2 is 2.27 bits per heavy atom. The molecule has 0 saturated heterocycles. The summed E-state index contributed by atoms with van der Waals surface area (Å²) in [6, 6.07) is 5.46. The van der Waals surface area contributed by atoms with Gasteiger partial charge in [0.2, 0.25) is 0 Å². The Kier molecular flexibility index (Phi) is 4.46. The molecule has 0 radical (unpaired) electrons. The fraction of sp³-hybridized carbons (Fsp3) is 0.273. The Bertz CT molecular complexity index is 361. The number of nitrogen functional groups attached to an aromatic ring is 1. The molecule has 0 amide bonds. The molecule has 0 aliphatic rings. The first-order chi connectivity index (χ1) is 7.19. The first-order valence-corrected chi connectivity index (χ1v) is 5.22. The first kappa shape index (κ1) is 11.9. The quantitative estimate of drug-likeness (QED) is 0.685. The number of rotatable bonds is 4. The molecule has 0 fully saturated rings. The number of nitrogens with two attached hydrogens (primary N) is 2. The van der Waals surface area contributed by atoms with Gasteiger partial charge in [0.15, 0.2) is 0 Å². The van der Waals surface area contributed by atoms with Crippen LogP contribution in [0.25, 0.3) is 5.70 Å². The molecule has 3 nitrogen and oxygen atoms in total. The Morgan fingerprint density at radius 1 is 1.53 bits per heavy atom. The highest BCUT2D eigenvalue weighted by Gasteiger charge is 2.04. The minimum atomic E-state index is 0.588. The maximum Gasteiger partial charge on any atom is 0.0426 e. The van der Waals surface area contributed by atoms with Gasteiger partial charge in [0.25, 0.3) is 0 Å². The van der Waals surface area contributed by atoms with Gasteiger partial charge < -0.3 is 16.8 Å². The fourth-order valence-electron chi connectivity index (χ4n) is 1.34. The molecule has 0 heterocycles. The molecule has 82 valence electrons. The molecule has 0 bridgehead atoms. The molecular weight excluding hydrogens is 210 g/mol. The number of hydrogen-bond acceptors (Lipinski definition) is 3. The van der Waals surface area contributed by atoms with Crippen LogP contribution in [-0.4, -0.2) is 13.1 Å². The molecule has 0 spiro atoms. The molecule has 0 saturated carbocycles. The molecule has 1 aromatic carbocycles. The van der Waals surface area contributed by atoms with E-state index in [0.717, 1.165) is 17.8 Å². The molecule has 15 heavy (non-hydrogen) atoms. The van der Waals surface area contributed by atoms with Gasteiger partial charge >= 0.3 is 0 Å². The number of hydrogen-bond donors (Lipinski definition) is 3. The van der Waals surface area contributed by atoms with Crippen LogP contribution in [0.15, 0.2) is 24.3 Å². The van der Waals surface area contributed by atoms with Crippen LogP contribution in [0, 0.1) is 0 Å². The summed E-state index contributed by atoms with van der Waals surface area (Å²) in [5.74, 6) is 0. The summed E-state index contributed by atoms with van der Waals surface area (Å²) >= 11 is 5.83. The highest BCUT2D eigenvalue weighted by Crippen LogP contribution is 2.23. The Hall–Kier alpha value is -1.19. The third kappa shape index (κ3) is 3.15. The van der Waals surface area contributed by atoms with Gasteiger partial charge in [-0.3, -0.25) is 0 Å². The van der Waals surface area contributed by atoms with Crippen molar-refractivity contribution in [3.8, 4) is 0 Å². The summed E-state index contributed by atoms with van der Waals surface area (Å²) < 4.78 is 0. The fourth-order valence-corrected chi connectivity index (χ4v) is 1.52. The minimum Gasteiger partial charge on any atom is -0.398 e. The van der Waals surface area contributed by atoms with E-state index in [1.54, 1.807) is 6.07 Å². The van der Waals surface area contributed by atoms with Crippen molar-refractivity contribution in [3.05, 3.63) is 34.9 Å². The summed E-state index contributed by atoms with van der Waals surface area (Å²) in [4.78, 5) is 0. The number of benzene rings is 1. The van der Waals surface area contributed by atoms with E-state index in [0.29, 0.717) is 17.3 Å². The van der Waals surface area contributed by atoms with Gasteiger partial charge in [-0.2, -0.15) is 0 Å². The molecule has 1 aromatic rings. The van der Waals surface area contributed by atoms with E-state index in [9.17, 15) is 0 Å². The minimum absolute atomic E-state index is 0.588. The van der Waals surface area contributed by atoms with E-state index >= 15 is 0 Å². The highest BCUT2D eigenvalue weighted by atomic mass is 35.5. The third-order valence-electron chi connectivity index (χ3n) is 2.05. The van der Waals surface area contributed by atoms with Gasteiger partial charge in [0, 0.05) is 35.1 Å². The van der Waals surface area contributed by atoms with Crippen molar-refractivity contribution in [2.24, 2.45) is 5.73 Å². The summed E-state index contributed by atoms with van der Waals surface area (Å²) in [6.45, 7) is 3.26. The third-order valence-corrected chi connectivity index (χ3v) is 2.29. The number of nitrogens with one attached hydrogen (secondary N) is 1. The van der Waals surface area contributed by atoms with E-state index in [1.165, 1.54) is 0 Å². The van der Waals surface area contributed by atoms with Crippen LogP contribution >= 0.6 is 11.6 Å². The number of anilines is 1. The second-order valence-electron chi connectivity index (χ2n) is 3.15. The van der Waals surface area contributed by atoms with Gasteiger partial charge in [-0.05, 0) is 25.1 Å². The van der Waals surface area contributed by atoms with Crippen molar-refractivity contribution in [2.75, 3.05) is 18.8 Å². The second-order valence-corrected chi connectivity index (χ2v) is 3.59. The van der Waals surface area contributed by atoms with Crippen LogP contribution < -0.4 is 16.8 Å². The maximum atomic E-state index is 5.87. The lowest BCUT2D eigenvalue weighted by atomic mass is 10.1. The van der Waals surface area contributed by atoms with Crippen molar-refractivity contribution >= 4 is 23.0 Å². The lowest BCUT2D eigenvalue weighted by molar-refractivity contribution is 0.857. The van der Waals surface area contributed by atoms with Gasteiger partial charge in [0.1, 0.15) is 0 Å². The lowest BCUT2D eigenvalue weighted by Gasteiger charge is -2.12. The monoisotopic (exact) mass is 225 g/mol. The largest absolute Gasteiger partial charge is 0.398 e. The topological polar surface area (TPSA) is 64.1 Å². The zero-order chi connectivity index (χ0) is 11.3. The van der Waals surface area contributed by atoms with E-state index in [4.69, 9.17) is 23.1 Å². The predicted octanol–water partition coefficient (Wildman–Crippen LogP) is 1.83. The van der Waals surface area contributed by atoms with E-state index < -0.39 is 0 Å².